The van der Waals surface area contributed by atoms with Crippen LogP contribution in [0.25, 0.3) is 6.08 Å². The molecule has 0 saturated carbocycles. The number of hydrogen-bond donors (Lipinski definition) is 2. The molecule has 1 heterocycles. The second kappa shape index (κ2) is 8.03. The van der Waals surface area contributed by atoms with Crippen LogP contribution in [0.1, 0.15) is 11.1 Å². The normalized spacial score (nSPS) is 13.1. The monoisotopic (exact) mass is 374 g/mol. The topological polar surface area (TPSA) is 93.7 Å². The molecule has 0 bridgehead atoms. The van der Waals surface area contributed by atoms with Crippen molar-refractivity contribution in [3.05, 3.63) is 65.1 Å². The number of hydrogen-bond acceptors (Lipinski definition) is 5. The largest absolute Gasteiger partial charge is 0.454 e. The van der Waals surface area contributed by atoms with Gasteiger partial charge in [0.2, 0.25) is 22.7 Å². The molecule has 136 valence electrons. The van der Waals surface area contributed by atoms with E-state index in [1.54, 1.807) is 30.3 Å². The van der Waals surface area contributed by atoms with E-state index in [1.165, 1.54) is 6.08 Å². The third-order valence-corrected chi connectivity index (χ3v) is 4.64. The lowest BCUT2D eigenvalue weighted by atomic mass is 10.2. The molecule has 0 aromatic heterocycles. The highest BCUT2D eigenvalue weighted by atomic mass is 32.2. The molecule has 2 N–H and O–H groups in total. The van der Waals surface area contributed by atoms with Crippen molar-refractivity contribution in [2.24, 2.45) is 0 Å². The highest BCUT2D eigenvalue weighted by Gasteiger charge is 2.14. The summed E-state index contributed by atoms with van der Waals surface area (Å²) in [6, 6.07) is 14.4. The Morgan fingerprint density at radius 2 is 1.85 bits per heavy atom. The SMILES string of the molecule is O=C(CNS(=O)(=O)/C=C/c1ccccc1)NCc1ccc2c(c1)OCO2. The summed E-state index contributed by atoms with van der Waals surface area (Å²) in [5.41, 5.74) is 1.58. The summed E-state index contributed by atoms with van der Waals surface area (Å²) >= 11 is 0. The molecule has 2 aromatic rings. The van der Waals surface area contributed by atoms with E-state index >= 15 is 0 Å². The minimum atomic E-state index is -3.69. The van der Waals surface area contributed by atoms with Crippen molar-refractivity contribution in [3.8, 4) is 11.5 Å². The predicted molar refractivity (Wildman–Crippen MR) is 96.8 cm³/mol. The van der Waals surface area contributed by atoms with E-state index in [4.69, 9.17) is 9.47 Å². The molecular formula is C18H18N2O5S. The summed E-state index contributed by atoms with van der Waals surface area (Å²) in [6.07, 6.45) is 1.47. The molecule has 7 nitrogen and oxygen atoms in total. The number of carbonyl (C=O) groups is 1. The molecule has 0 unspecified atom stereocenters. The Labute approximate surface area is 151 Å². The van der Waals surface area contributed by atoms with Crippen molar-refractivity contribution in [3.63, 3.8) is 0 Å². The van der Waals surface area contributed by atoms with Crippen LogP contribution in [0.4, 0.5) is 0 Å². The van der Waals surface area contributed by atoms with E-state index in [0.29, 0.717) is 11.5 Å². The van der Waals surface area contributed by atoms with Crippen LogP contribution in [0.15, 0.2) is 53.9 Å². The van der Waals surface area contributed by atoms with E-state index < -0.39 is 15.9 Å². The zero-order valence-corrected chi connectivity index (χ0v) is 14.7. The first-order valence-corrected chi connectivity index (χ1v) is 9.44. The average Bonchev–Trinajstić information content (AvgIpc) is 3.12. The molecule has 1 aliphatic rings. The lowest BCUT2D eigenvalue weighted by Crippen LogP contribution is -2.35. The van der Waals surface area contributed by atoms with Crippen molar-refractivity contribution >= 4 is 22.0 Å². The van der Waals surface area contributed by atoms with Gasteiger partial charge in [0.05, 0.1) is 6.54 Å². The molecule has 0 radical (unpaired) electrons. The number of ether oxygens (including phenoxy) is 2. The summed E-state index contributed by atoms with van der Waals surface area (Å²) < 4.78 is 36.5. The second-order valence-electron chi connectivity index (χ2n) is 5.54. The first kappa shape index (κ1) is 18.0. The molecular weight excluding hydrogens is 356 g/mol. The zero-order valence-electron chi connectivity index (χ0n) is 13.8. The fourth-order valence-corrected chi connectivity index (χ4v) is 3.03. The van der Waals surface area contributed by atoms with Crippen molar-refractivity contribution in [1.82, 2.24) is 10.0 Å². The van der Waals surface area contributed by atoms with Crippen molar-refractivity contribution in [1.29, 1.82) is 0 Å². The van der Waals surface area contributed by atoms with E-state index in [2.05, 4.69) is 10.0 Å². The van der Waals surface area contributed by atoms with Crippen LogP contribution in [0.2, 0.25) is 0 Å². The van der Waals surface area contributed by atoms with Gasteiger partial charge < -0.3 is 14.8 Å². The Morgan fingerprint density at radius 3 is 2.65 bits per heavy atom. The second-order valence-corrected chi connectivity index (χ2v) is 7.19. The Kier molecular flexibility index (Phi) is 5.55. The van der Waals surface area contributed by atoms with Crippen molar-refractivity contribution in [2.45, 2.75) is 6.54 Å². The first-order valence-electron chi connectivity index (χ1n) is 7.90. The summed E-state index contributed by atoms with van der Waals surface area (Å²) in [5, 5.41) is 3.69. The third-order valence-electron chi connectivity index (χ3n) is 3.60. The summed E-state index contributed by atoms with van der Waals surface area (Å²) in [5.74, 6) is 0.862. The number of rotatable bonds is 7. The Balaban J connectivity index is 1.46. The zero-order chi connectivity index (χ0) is 18.4. The number of fused-ring (bicyclic) bond motifs is 1. The number of amides is 1. The molecule has 26 heavy (non-hydrogen) atoms. The fraction of sp³-hybridized carbons (Fsp3) is 0.167. The number of carbonyl (C=O) groups excluding carboxylic acids is 1. The smallest absolute Gasteiger partial charge is 0.235 e. The Hall–Kier alpha value is -2.84. The van der Waals surface area contributed by atoms with Crippen LogP contribution < -0.4 is 19.5 Å². The molecule has 8 heteroatoms. The van der Waals surface area contributed by atoms with Crippen molar-refractivity contribution < 1.29 is 22.7 Å². The molecule has 2 aromatic carbocycles. The van der Waals surface area contributed by atoms with E-state index in [1.807, 2.05) is 18.2 Å². The van der Waals surface area contributed by atoms with Crippen LogP contribution in [0, 0.1) is 0 Å². The van der Waals surface area contributed by atoms with Gasteiger partial charge in [-0.3, -0.25) is 4.79 Å². The lowest BCUT2D eigenvalue weighted by molar-refractivity contribution is -0.120. The molecule has 3 rings (SSSR count). The van der Waals surface area contributed by atoms with E-state index in [9.17, 15) is 13.2 Å². The highest BCUT2D eigenvalue weighted by molar-refractivity contribution is 7.92. The number of benzene rings is 2. The van der Waals surface area contributed by atoms with Crippen LogP contribution in [-0.2, 0) is 21.4 Å². The quantitative estimate of drug-likeness (QED) is 0.768. The molecule has 1 amide bonds. The average molecular weight is 374 g/mol. The Bertz CT molecular complexity index is 910. The van der Waals surface area contributed by atoms with Crippen molar-refractivity contribution in [2.75, 3.05) is 13.3 Å². The van der Waals surface area contributed by atoms with Gasteiger partial charge in [-0.1, -0.05) is 36.4 Å². The molecule has 0 atom stereocenters. The van der Waals surface area contributed by atoms with Crippen LogP contribution >= 0.6 is 0 Å². The minimum absolute atomic E-state index is 0.184. The van der Waals surface area contributed by atoms with Gasteiger partial charge in [-0.05, 0) is 29.3 Å². The van der Waals surface area contributed by atoms with Gasteiger partial charge in [-0.2, -0.15) is 0 Å². The maximum absolute atomic E-state index is 11.9. The molecule has 0 spiro atoms. The summed E-state index contributed by atoms with van der Waals surface area (Å²) in [7, 11) is -3.69. The van der Waals surface area contributed by atoms with Crippen LogP contribution in [-0.4, -0.2) is 27.7 Å². The predicted octanol–water partition coefficient (Wildman–Crippen LogP) is 1.62. The van der Waals surface area contributed by atoms with Gasteiger partial charge in [-0.15, -0.1) is 0 Å². The minimum Gasteiger partial charge on any atom is -0.454 e. The van der Waals surface area contributed by atoms with E-state index in [-0.39, 0.29) is 19.9 Å². The molecule has 1 aliphatic heterocycles. The maximum atomic E-state index is 11.9. The Morgan fingerprint density at radius 1 is 1.08 bits per heavy atom. The standard InChI is InChI=1S/C18H18N2O5S/c21-18(19-11-15-6-7-16-17(10-15)25-13-24-16)12-20-26(22,23)9-8-14-4-2-1-3-5-14/h1-10,20H,11-13H2,(H,19,21)/b9-8+. The summed E-state index contributed by atoms with van der Waals surface area (Å²) in [6.45, 7) is 0.104. The van der Waals surface area contributed by atoms with Gasteiger partial charge >= 0.3 is 0 Å². The van der Waals surface area contributed by atoms with Gasteiger partial charge in [-0.25, -0.2) is 13.1 Å². The molecule has 0 fully saturated rings. The first-order chi connectivity index (χ1) is 12.5. The number of nitrogens with one attached hydrogen (secondary N) is 2. The lowest BCUT2D eigenvalue weighted by Gasteiger charge is -2.07. The highest BCUT2D eigenvalue weighted by Crippen LogP contribution is 2.32. The number of sulfonamides is 1. The fourth-order valence-electron chi connectivity index (χ4n) is 2.26. The van der Waals surface area contributed by atoms with Crippen LogP contribution in [0.3, 0.4) is 0 Å². The van der Waals surface area contributed by atoms with Gasteiger partial charge in [0.1, 0.15) is 0 Å². The van der Waals surface area contributed by atoms with Gasteiger partial charge in [0, 0.05) is 12.0 Å². The van der Waals surface area contributed by atoms with Gasteiger partial charge in [0.25, 0.3) is 0 Å². The van der Waals surface area contributed by atoms with Crippen LogP contribution in [0.5, 0.6) is 11.5 Å². The maximum Gasteiger partial charge on any atom is 0.235 e. The van der Waals surface area contributed by atoms with E-state index in [0.717, 1.165) is 16.5 Å². The third kappa shape index (κ3) is 5.08. The van der Waals surface area contributed by atoms with Gasteiger partial charge in [0.15, 0.2) is 11.5 Å². The molecule has 0 saturated heterocycles. The summed E-state index contributed by atoms with van der Waals surface area (Å²) in [4.78, 5) is 11.9. The molecule has 0 aliphatic carbocycles.